The van der Waals surface area contributed by atoms with E-state index >= 15 is 0 Å². The third-order valence-corrected chi connectivity index (χ3v) is 6.29. The zero-order valence-corrected chi connectivity index (χ0v) is 14.8. The minimum absolute atomic E-state index is 0.0969. The van der Waals surface area contributed by atoms with Crippen molar-refractivity contribution in [1.82, 2.24) is 4.90 Å². The highest BCUT2D eigenvalue weighted by molar-refractivity contribution is 5.82. The molecule has 1 aromatic carbocycles. The number of likely N-dealkylation sites (N-methyl/N-ethyl adjacent to an activating group) is 1. The fraction of sp³-hybridized carbons (Fsp3) is 0.650. The van der Waals surface area contributed by atoms with Crippen LogP contribution in [0.15, 0.2) is 24.3 Å². The molecule has 24 heavy (non-hydrogen) atoms. The molecule has 0 aromatic heterocycles. The van der Waals surface area contributed by atoms with Gasteiger partial charge in [-0.3, -0.25) is 4.79 Å². The minimum atomic E-state index is 0.0969. The zero-order chi connectivity index (χ0) is 16.7. The summed E-state index contributed by atoms with van der Waals surface area (Å²) in [6.45, 7) is 0.340. The summed E-state index contributed by atoms with van der Waals surface area (Å²) in [7, 11) is 3.59. The van der Waals surface area contributed by atoms with E-state index in [1.54, 1.807) is 19.0 Å². The Labute approximate surface area is 145 Å². The molecule has 0 unspecified atom stereocenters. The average Bonchev–Trinajstić information content (AvgIpc) is 2.52. The van der Waals surface area contributed by atoms with Crippen molar-refractivity contribution in [2.45, 2.75) is 44.1 Å². The molecule has 4 aliphatic carbocycles. The van der Waals surface area contributed by atoms with Crippen molar-refractivity contribution in [3.8, 4) is 0 Å². The van der Waals surface area contributed by atoms with Crippen LogP contribution >= 0.6 is 0 Å². The first kappa shape index (κ1) is 15.8. The summed E-state index contributed by atoms with van der Waals surface area (Å²) in [5.74, 6) is 2.89. The molecule has 0 heterocycles. The number of rotatable bonds is 5. The number of hydrogen-bond donors (Lipinski definition) is 2. The smallest absolute Gasteiger partial charge is 0.241 e. The van der Waals surface area contributed by atoms with Gasteiger partial charge in [0.25, 0.3) is 0 Å². The Morgan fingerprint density at radius 1 is 1.04 bits per heavy atom. The Morgan fingerprint density at radius 2 is 1.58 bits per heavy atom. The van der Waals surface area contributed by atoms with Crippen molar-refractivity contribution in [3.05, 3.63) is 24.3 Å². The number of amides is 1. The lowest BCUT2D eigenvalue weighted by atomic mass is 9.53. The second-order valence-corrected chi connectivity index (χ2v) is 8.51. The highest BCUT2D eigenvalue weighted by Gasteiger charge is 2.51. The second kappa shape index (κ2) is 5.98. The lowest BCUT2D eigenvalue weighted by Gasteiger charge is -2.57. The second-order valence-electron chi connectivity index (χ2n) is 8.51. The van der Waals surface area contributed by atoms with Crippen LogP contribution in [0, 0.1) is 17.8 Å². The van der Waals surface area contributed by atoms with Crippen LogP contribution < -0.4 is 10.6 Å². The molecule has 0 radical (unpaired) electrons. The van der Waals surface area contributed by atoms with Gasteiger partial charge in [0, 0.05) is 19.6 Å². The maximum absolute atomic E-state index is 11.9. The standard InChI is InChI=1S/C20H29N3O/c1-23(2)19(24)13-21-17-5-3-4-6-18(17)22-20-10-14-7-15(11-20)9-16(8-14)12-20/h3-6,14-16,21-22H,7-13H2,1-2H3. The normalized spacial score (nSPS) is 33.3. The van der Waals surface area contributed by atoms with E-state index in [-0.39, 0.29) is 11.4 Å². The maximum atomic E-state index is 11.9. The number of carbonyl (C=O) groups is 1. The van der Waals surface area contributed by atoms with Gasteiger partial charge in [0.2, 0.25) is 5.91 Å². The molecule has 2 N–H and O–H groups in total. The van der Waals surface area contributed by atoms with Gasteiger partial charge < -0.3 is 15.5 Å². The summed E-state index contributed by atoms with van der Waals surface area (Å²) in [4.78, 5) is 13.5. The quantitative estimate of drug-likeness (QED) is 0.869. The third-order valence-electron chi connectivity index (χ3n) is 6.29. The number of para-hydroxylation sites is 2. The molecule has 1 aromatic rings. The van der Waals surface area contributed by atoms with Gasteiger partial charge in [-0.1, -0.05) is 12.1 Å². The molecule has 0 saturated heterocycles. The lowest BCUT2D eigenvalue weighted by Crippen LogP contribution is -2.54. The Hall–Kier alpha value is -1.71. The van der Waals surface area contributed by atoms with Gasteiger partial charge >= 0.3 is 0 Å². The largest absolute Gasteiger partial charge is 0.378 e. The Balaban J connectivity index is 1.50. The van der Waals surface area contributed by atoms with Crippen molar-refractivity contribution in [1.29, 1.82) is 0 Å². The van der Waals surface area contributed by atoms with E-state index in [0.29, 0.717) is 6.54 Å². The first-order valence-corrected chi connectivity index (χ1v) is 9.34. The number of benzene rings is 1. The van der Waals surface area contributed by atoms with Crippen LogP contribution in [-0.4, -0.2) is 37.0 Å². The van der Waals surface area contributed by atoms with Crippen LogP contribution in [0.1, 0.15) is 38.5 Å². The summed E-state index contributed by atoms with van der Waals surface area (Å²) in [5, 5.41) is 7.24. The van der Waals surface area contributed by atoms with E-state index in [1.807, 2.05) is 6.07 Å². The van der Waals surface area contributed by atoms with Crippen LogP contribution in [0.4, 0.5) is 11.4 Å². The number of nitrogens with zero attached hydrogens (tertiary/aromatic N) is 1. The number of anilines is 2. The Bertz CT molecular complexity index is 590. The fourth-order valence-electron chi connectivity index (χ4n) is 5.62. The fourth-order valence-corrected chi connectivity index (χ4v) is 5.62. The van der Waals surface area contributed by atoms with Crippen molar-refractivity contribution in [2.24, 2.45) is 17.8 Å². The van der Waals surface area contributed by atoms with Gasteiger partial charge in [-0.2, -0.15) is 0 Å². The molecule has 4 fully saturated rings. The molecule has 0 spiro atoms. The predicted molar refractivity (Wildman–Crippen MR) is 98.2 cm³/mol. The van der Waals surface area contributed by atoms with Crippen LogP contribution in [0.5, 0.6) is 0 Å². The molecule has 4 bridgehead atoms. The predicted octanol–water partition coefficient (Wildman–Crippen LogP) is 3.57. The molecule has 5 rings (SSSR count). The molecular weight excluding hydrogens is 298 g/mol. The molecule has 130 valence electrons. The summed E-state index contributed by atoms with van der Waals surface area (Å²) in [6.07, 6.45) is 8.34. The molecular formula is C20H29N3O. The van der Waals surface area contributed by atoms with Crippen molar-refractivity contribution in [3.63, 3.8) is 0 Å². The number of hydrogen-bond acceptors (Lipinski definition) is 3. The topological polar surface area (TPSA) is 44.4 Å². The number of nitrogens with one attached hydrogen (secondary N) is 2. The number of carbonyl (C=O) groups excluding carboxylic acids is 1. The first-order valence-electron chi connectivity index (χ1n) is 9.34. The maximum Gasteiger partial charge on any atom is 0.241 e. The van der Waals surface area contributed by atoms with Gasteiger partial charge in [-0.05, 0) is 68.4 Å². The van der Waals surface area contributed by atoms with E-state index in [2.05, 4.69) is 28.8 Å². The molecule has 4 saturated carbocycles. The van der Waals surface area contributed by atoms with Crippen molar-refractivity contribution in [2.75, 3.05) is 31.3 Å². The van der Waals surface area contributed by atoms with Gasteiger partial charge in [-0.25, -0.2) is 0 Å². The van der Waals surface area contributed by atoms with Gasteiger partial charge in [0.15, 0.2) is 0 Å². The molecule has 4 aliphatic rings. The average molecular weight is 327 g/mol. The van der Waals surface area contributed by atoms with Crippen LogP contribution in [0.3, 0.4) is 0 Å². The molecule has 0 atom stereocenters. The zero-order valence-electron chi connectivity index (χ0n) is 14.8. The summed E-state index contributed by atoms with van der Waals surface area (Å²) >= 11 is 0. The monoisotopic (exact) mass is 327 g/mol. The third kappa shape index (κ3) is 2.99. The molecule has 1 amide bonds. The Morgan fingerprint density at radius 3 is 2.12 bits per heavy atom. The molecule has 4 heteroatoms. The van der Waals surface area contributed by atoms with Crippen LogP contribution in [0.2, 0.25) is 0 Å². The van der Waals surface area contributed by atoms with Crippen LogP contribution in [0.25, 0.3) is 0 Å². The molecule has 4 nitrogen and oxygen atoms in total. The summed E-state index contributed by atoms with van der Waals surface area (Å²) < 4.78 is 0. The van der Waals surface area contributed by atoms with E-state index in [1.165, 1.54) is 38.5 Å². The van der Waals surface area contributed by atoms with Gasteiger partial charge in [0.1, 0.15) is 0 Å². The van der Waals surface area contributed by atoms with E-state index in [9.17, 15) is 4.79 Å². The highest BCUT2D eigenvalue weighted by Crippen LogP contribution is 2.56. The SMILES string of the molecule is CN(C)C(=O)CNc1ccccc1NC12CC3CC(CC(C3)C1)C2. The summed E-state index contributed by atoms with van der Waals surface area (Å²) in [5.41, 5.74) is 2.49. The minimum Gasteiger partial charge on any atom is -0.378 e. The van der Waals surface area contributed by atoms with E-state index in [0.717, 1.165) is 29.1 Å². The lowest BCUT2D eigenvalue weighted by molar-refractivity contribution is -0.126. The summed E-state index contributed by atoms with van der Waals surface area (Å²) in [6, 6.07) is 8.35. The van der Waals surface area contributed by atoms with Crippen molar-refractivity contribution >= 4 is 17.3 Å². The van der Waals surface area contributed by atoms with Gasteiger partial charge in [0.05, 0.1) is 17.9 Å². The van der Waals surface area contributed by atoms with E-state index < -0.39 is 0 Å². The van der Waals surface area contributed by atoms with Gasteiger partial charge in [-0.15, -0.1) is 0 Å². The highest BCUT2D eigenvalue weighted by atomic mass is 16.2. The van der Waals surface area contributed by atoms with Crippen LogP contribution in [-0.2, 0) is 4.79 Å². The van der Waals surface area contributed by atoms with E-state index in [4.69, 9.17) is 0 Å². The Kier molecular flexibility index (Phi) is 3.93. The molecule has 0 aliphatic heterocycles. The first-order chi connectivity index (χ1) is 11.5. The van der Waals surface area contributed by atoms with Crippen molar-refractivity contribution < 1.29 is 4.79 Å².